The summed E-state index contributed by atoms with van der Waals surface area (Å²) in [5.74, 6) is -1.54. The Balaban J connectivity index is 1.54. The Morgan fingerprint density at radius 2 is 1.73 bits per heavy atom. The highest BCUT2D eigenvalue weighted by molar-refractivity contribution is 6.01. The van der Waals surface area contributed by atoms with Gasteiger partial charge in [-0.1, -0.05) is 24.3 Å². The quantitative estimate of drug-likeness (QED) is 0.475. The van der Waals surface area contributed by atoms with Gasteiger partial charge in [-0.3, -0.25) is 9.59 Å². The average molecular weight is 441 g/mol. The number of carboxylic acids is 1. The summed E-state index contributed by atoms with van der Waals surface area (Å²) in [6, 6.07) is 14.6. The third-order valence-corrected chi connectivity index (χ3v) is 6.44. The summed E-state index contributed by atoms with van der Waals surface area (Å²) >= 11 is 0. The Labute approximate surface area is 189 Å². The molecule has 0 saturated heterocycles. The fourth-order valence-electron chi connectivity index (χ4n) is 4.86. The van der Waals surface area contributed by atoms with Crippen LogP contribution in [0.1, 0.15) is 49.8 Å². The molecule has 0 aliphatic heterocycles. The van der Waals surface area contributed by atoms with Gasteiger partial charge in [-0.25, -0.2) is 9.48 Å². The molecule has 1 aliphatic rings. The van der Waals surface area contributed by atoms with Gasteiger partial charge in [0.15, 0.2) is 11.5 Å². The van der Waals surface area contributed by atoms with E-state index in [1.807, 2.05) is 24.5 Å². The molecule has 2 heterocycles. The van der Waals surface area contributed by atoms with E-state index >= 15 is 0 Å². The number of benzene rings is 2. The second kappa shape index (κ2) is 7.85. The van der Waals surface area contributed by atoms with Gasteiger partial charge in [0.05, 0.1) is 5.39 Å². The van der Waals surface area contributed by atoms with Crippen LogP contribution < -0.4 is 5.56 Å². The number of aryl methyl sites for hydroxylation is 3. The molecule has 2 aromatic carbocycles. The molecule has 0 bridgehead atoms. The standard InChI is InChI=1S/C26H23N3O4/c1-15-12-22(16(2)29(15)19-11-10-17-6-5-7-18(17)13-19)23(30)14-28-25(31)21-9-4-3-8-20(21)24(27-28)26(32)33/h3-4,8-13H,5-7,14H2,1-2H3,(H,32,33). The first-order chi connectivity index (χ1) is 15.8. The van der Waals surface area contributed by atoms with Crippen molar-refractivity contribution in [1.82, 2.24) is 14.3 Å². The number of carboxylic acid groups (broad SMARTS) is 1. The second-order valence-electron chi connectivity index (χ2n) is 8.51. The summed E-state index contributed by atoms with van der Waals surface area (Å²) in [5.41, 5.74) is 5.19. The Kier molecular flexibility index (Phi) is 4.96. The molecule has 0 spiro atoms. The smallest absolute Gasteiger partial charge is 0.357 e. The Hall–Kier alpha value is -4.00. The number of hydrogen-bond acceptors (Lipinski definition) is 4. The first-order valence-electron chi connectivity index (χ1n) is 10.9. The van der Waals surface area contributed by atoms with Crippen molar-refractivity contribution in [2.24, 2.45) is 0 Å². The zero-order valence-corrected chi connectivity index (χ0v) is 18.5. The van der Waals surface area contributed by atoms with Crippen molar-refractivity contribution >= 4 is 22.5 Å². The van der Waals surface area contributed by atoms with E-state index in [2.05, 4.69) is 23.3 Å². The highest BCUT2D eigenvalue weighted by Gasteiger charge is 2.21. The minimum atomic E-state index is -1.25. The van der Waals surface area contributed by atoms with Gasteiger partial charge in [0, 0.05) is 28.0 Å². The van der Waals surface area contributed by atoms with E-state index in [-0.39, 0.29) is 28.8 Å². The van der Waals surface area contributed by atoms with E-state index in [9.17, 15) is 19.5 Å². The Morgan fingerprint density at radius 3 is 2.48 bits per heavy atom. The Morgan fingerprint density at radius 1 is 1.00 bits per heavy atom. The SMILES string of the molecule is Cc1cc(C(=O)Cn2nc(C(=O)O)c3ccccc3c2=O)c(C)n1-c1ccc2c(c1)CCC2. The van der Waals surface area contributed by atoms with Crippen LogP contribution in [0.3, 0.4) is 0 Å². The maximum atomic E-state index is 13.2. The molecule has 0 radical (unpaired) electrons. The molecule has 0 atom stereocenters. The van der Waals surface area contributed by atoms with Gasteiger partial charge in [0.1, 0.15) is 6.54 Å². The maximum Gasteiger partial charge on any atom is 0.357 e. The zero-order chi connectivity index (χ0) is 23.3. The van der Waals surface area contributed by atoms with E-state index in [1.54, 1.807) is 24.3 Å². The molecule has 2 aromatic heterocycles. The molecule has 33 heavy (non-hydrogen) atoms. The first-order valence-corrected chi connectivity index (χ1v) is 10.9. The minimum absolute atomic E-state index is 0.223. The maximum absolute atomic E-state index is 13.2. The van der Waals surface area contributed by atoms with Gasteiger partial charge in [-0.15, -0.1) is 0 Å². The number of nitrogens with zero attached hydrogens (tertiary/aromatic N) is 3. The van der Waals surface area contributed by atoms with Gasteiger partial charge in [0.2, 0.25) is 0 Å². The van der Waals surface area contributed by atoms with Crippen molar-refractivity contribution in [3.05, 3.63) is 92.7 Å². The molecule has 166 valence electrons. The van der Waals surface area contributed by atoms with Crippen LogP contribution in [0.4, 0.5) is 0 Å². The van der Waals surface area contributed by atoms with Crippen LogP contribution >= 0.6 is 0 Å². The third kappa shape index (κ3) is 3.46. The van der Waals surface area contributed by atoms with Crippen LogP contribution in [0.2, 0.25) is 0 Å². The minimum Gasteiger partial charge on any atom is -0.476 e. The van der Waals surface area contributed by atoms with Gasteiger partial charge >= 0.3 is 5.97 Å². The summed E-state index contributed by atoms with van der Waals surface area (Å²) in [5, 5.41) is 14.0. The topological polar surface area (TPSA) is 94.2 Å². The van der Waals surface area contributed by atoms with Crippen molar-refractivity contribution in [2.75, 3.05) is 0 Å². The van der Waals surface area contributed by atoms with E-state index in [4.69, 9.17) is 0 Å². The average Bonchev–Trinajstić information content (AvgIpc) is 3.38. The van der Waals surface area contributed by atoms with Crippen molar-refractivity contribution in [1.29, 1.82) is 0 Å². The molecule has 0 unspecified atom stereocenters. The van der Waals surface area contributed by atoms with Crippen LogP contribution in [0.15, 0.2) is 53.3 Å². The number of rotatable bonds is 5. The van der Waals surface area contributed by atoms with Crippen LogP contribution in [0.25, 0.3) is 16.5 Å². The Bertz CT molecular complexity index is 1510. The molecule has 7 heteroatoms. The van der Waals surface area contributed by atoms with Gasteiger partial charge in [-0.2, -0.15) is 5.10 Å². The lowest BCUT2D eigenvalue weighted by atomic mass is 10.1. The first kappa shape index (κ1) is 20.9. The van der Waals surface area contributed by atoms with E-state index < -0.39 is 11.5 Å². The lowest BCUT2D eigenvalue weighted by molar-refractivity contribution is 0.0688. The molecular formula is C26H23N3O4. The number of fused-ring (bicyclic) bond motifs is 2. The number of carbonyl (C=O) groups is 2. The van der Waals surface area contributed by atoms with Gasteiger partial charge in [-0.05, 0) is 68.5 Å². The number of aromatic nitrogens is 3. The molecule has 1 aliphatic carbocycles. The molecule has 0 fully saturated rings. The molecule has 7 nitrogen and oxygen atoms in total. The van der Waals surface area contributed by atoms with Crippen molar-refractivity contribution in [2.45, 2.75) is 39.7 Å². The second-order valence-corrected chi connectivity index (χ2v) is 8.51. The number of carbonyl (C=O) groups excluding carboxylic acids is 1. The number of ketones is 1. The molecule has 0 saturated carbocycles. The van der Waals surface area contributed by atoms with E-state index in [0.29, 0.717) is 5.56 Å². The monoisotopic (exact) mass is 441 g/mol. The van der Waals surface area contributed by atoms with Crippen LogP contribution in [-0.4, -0.2) is 31.2 Å². The predicted octanol–water partition coefficient (Wildman–Crippen LogP) is 3.87. The van der Waals surface area contributed by atoms with Crippen molar-refractivity contribution < 1.29 is 14.7 Å². The summed E-state index contributed by atoms with van der Waals surface area (Å²) in [6.07, 6.45) is 3.34. The van der Waals surface area contributed by atoms with E-state index in [0.717, 1.165) is 41.0 Å². The van der Waals surface area contributed by atoms with Crippen LogP contribution in [-0.2, 0) is 19.4 Å². The number of aromatic carboxylic acids is 1. The third-order valence-electron chi connectivity index (χ3n) is 6.44. The van der Waals surface area contributed by atoms with E-state index in [1.165, 1.54) is 11.1 Å². The summed E-state index contributed by atoms with van der Waals surface area (Å²) < 4.78 is 3.00. The van der Waals surface area contributed by atoms with Crippen LogP contribution in [0.5, 0.6) is 0 Å². The zero-order valence-electron chi connectivity index (χ0n) is 18.5. The number of Topliss-reactive ketones (excluding diaryl/α,β-unsaturated/α-hetero) is 1. The van der Waals surface area contributed by atoms with Gasteiger partial charge < -0.3 is 9.67 Å². The molecule has 5 rings (SSSR count). The fraction of sp³-hybridized carbons (Fsp3) is 0.231. The molecule has 0 amide bonds. The highest BCUT2D eigenvalue weighted by atomic mass is 16.4. The molecular weight excluding hydrogens is 418 g/mol. The lowest BCUT2D eigenvalue weighted by Gasteiger charge is -2.12. The molecule has 4 aromatic rings. The lowest BCUT2D eigenvalue weighted by Crippen LogP contribution is -2.29. The van der Waals surface area contributed by atoms with Gasteiger partial charge in [0.25, 0.3) is 5.56 Å². The fourth-order valence-corrected chi connectivity index (χ4v) is 4.86. The highest BCUT2D eigenvalue weighted by Crippen LogP contribution is 2.27. The van der Waals surface area contributed by atoms with Crippen molar-refractivity contribution in [3.8, 4) is 5.69 Å². The summed E-state index contributed by atoms with van der Waals surface area (Å²) in [7, 11) is 0. The normalized spacial score (nSPS) is 12.8. The summed E-state index contributed by atoms with van der Waals surface area (Å²) in [6.45, 7) is 3.49. The molecule has 1 N–H and O–H groups in total. The number of hydrogen-bond donors (Lipinski definition) is 1. The van der Waals surface area contributed by atoms with Crippen molar-refractivity contribution in [3.63, 3.8) is 0 Å². The predicted molar refractivity (Wildman–Crippen MR) is 125 cm³/mol. The van der Waals surface area contributed by atoms with Crippen LogP contribution in [0, 0.1) is 13.8 Å². The largest absolute Gasteiger partial charge is 0.476 e. The summed E-state index contributed by atoms with van der Waals surface area (Å²) in [4.78, 5) is 37.8.